The molecule has 3 fully saturated rings. The van der Waals surface area contributed by atoms with Crippen molar-refractivity contribution in [2.24, 2.45) is 5.92 Å². The molecular formula is C26H34N4O3. The van der Waals surface area contributed by atoms with Crippen LogP contribution in [0, 0.1) is 5.92 Å². The standard InChI is InChI=1S/C26H34N4O3/c31-25(15-19-8-11-27-12-9-19)30-13-10-21(16-22(30)14-18-4-2-1-3-5-18)28-26(32)23-17-24(33-29-23)20-6-7-20/h1-5,17,19-22,27H,6-16H2,(H,28,32)/t21-,22+/m1/s1. The van der Waals surface area contributed by atoms with Crippen LogP contribution in [-0.2, 0) is 11.2 Å². The highest BCUT2D eigenvalue weighted by Gasteiger charge is 2.34. The molecule has 2 aromatic rings. The molecule has 1 aliphatic carbocycles. The molecule has 33 heavy (non-hydrogen) atoms. The minimum atomic E-state index is -0.177. The van der Waals surface area contributed by atoms with Crippen molar-refractivity contribution in [3.8, 4) is 0 Å². The molecule has 2 atom stereocenters. The third kappa shape index (κ3) is 5.64. The van der Waals surface area contributed by atoms with Crippen molar-refractivity contribution in [2.45, 2.75) is 69.4 Å². The zero-order valence-corrected chi connectivity index (χ0v) is 19.2. The van der Waals surface area contributed by atoms with E-state index >= 15 is 0 Å². The van der Waals surface area contributed by atoms with Crippen molar-refractivity contribution in [3.05, 3.63) is 53.4 Å². The lowest BCUT2D eigenvalue weighted by molar-refractivity contribution is -0.136. The summed E-state index contributed by atoms with van der Waals surface area (Å²) in [7, 11) is 0. The number of hydrogen-bond acceptors (Lipinski definition) is 5. The number of likely N-dealkylation sites (tertiary alicyclic amines) is 1. The summed E-state index contributed by atoms with van der Waals surface area (Å²) < 4.78 is 5.35. The molecule has 3 aliphatic rings. The fourth-order valence-corrected chi connectivity index (χ4v) is 5.26. The molecule has 1 saturated carbocycles. The Labute approximate surface area is 195 Å². The van der Waals surface area contributed by atoms with Crippen LogP contribution < -0.4 is 10.6 Å². The molecule has 7 nitrogen and oxygen atoms in total. The molecule has 7 heteroatoms. The van der Waals surface area contributed by atoms with Crippen molar-refractivity contribution in [3.63, 3.8) is 0 Å². The minimum absolute atomic E-state index is 0.0233. The summed E-state index contributed by atoms with van der Waals surface area (Å²) in [5.74, 6) is 1.81. The summed E-state index contributed by atoms with van der Waals surface area (Å²) in [4.78, 5) is 28.2. The van der Waals surface area contributed by atoms with Crippen LogP contribution in [0.4, 0.5) is 0 Å². The normalized spacial score (nSPS) is 23.9. The Balaban J connectivity index is 1.24. The molecule has 0 radical (unpaired) electrons. The van der Waals surface area contributed by atoms with Crippen LogP contribution in [-0.4, -0.2) is 53.6 Å². The Kier molecular flexibility index (Phi) is 6.76. The van der Waals surface area contributed by atoms with Gasteiger partial charge < -0.3 is 20.1 Å². The fraction of sp³-hybridized carbons (Fsp3) is 0.577. The monoisotopic (exact) mass is 450 g/mol. The lowest BCUT2D eigenvalue weighted by Crippen LogP contribution is -2.53. The van der Waals surface area contributed by atoms with E-state index in [1.165, 1.54) is 5.56 Å². The first-order chi connectivity index (χ1) is 16.2. The number of aromatic nitrogens is 1. The van der Waals surface area contributed by atoms with E-state index in [1.54, 1.807) is 6.07 Å². The maximum atomic E-state index is 13.3. The van der Waals surface area contributed by atoms with Gasteiger partial charge in [-0.3, -0.25) is 9.59 Å². The summed E-state index contributed by atoms with van der Waals surface area (Å²) in [6.45, 7) is 2.69. The fourth-order valence-electron chi connectivity index (χ4n) is 5.26. The second-order valence-corrected chi connectivity index (χ2v) is 9.91. The minimum Gasteiger partial charge on any atom is -0.360 e. The van der Waals surface area contributed by atoms with Crippen molar-refractivity contribution in [1.82, 2.24) is 20.7 Å². The number of piperidine rings is 2. The molecule has 176 valence electrons. The second kappa shape index (κ2) is 10.1. The summed E-state index contributed by atoms with van der Waals surface area (Å²) in [6.07, 6.45) is 7.33. The van der Waals surface area contributed by atoms with Gasteiger partial charge in [0, 0.05) is 37.0 Å². The number of amides is 2. The van der Waals surface area contributed by atoms with Gasteiger partial charge in [0.25, 0.3) is 5.91 Å². The largest absolute Gasteiger partial charge is 0.360 e. The lowest BCUT2D eigenvalue weighted by atomic mass is 9.89. The molecular weight excluding hydrogens is 416 g/mol. The molecule has 2 aliphatic heterocycles. The SMILES string of the molecule is O=C(N[C@@H]1CCN(C(=O)CC2CCNCC2)[C@@H](Cc2ccccc2)C1)c1cc(C2CC2)on1. The number of carbonyl (C=O) groups excluding carboxylic acids is 2. The smallest absolute Gasteiger partial charge is 0.273 e. The Morgan fingerprint density at radius 2 is 1.88 bits per heavy atom. The maximum absolute atomic E-state index is 13.3. The molecule has 3 heterocycles. The molecule has 2 N–H and O–H groups in total. The quantitative estimate of drug-likeness (QED) is 0.676. The highest BCUT2D eigenvalue weighted by molar-refractivity contribution is 5.92. The maximum Gasteiger partial charge on any atom is 0.273 e. The first kappa shape index (κ1) is 22.1. The van der Waals surface area contributed by atoms with E-state index in [-0.39, 0.29) is 23.9 Å². The van der Waals surface area contributed by atoms with Gasteiger partial charge in [0.1, 0.15) is 5.76 Å². The number of benzene rings is 1. The van der Waals surface area contributed by atoms with E-state index in [0.717, 1.165) is 63.8 Å². The van der Waals surface area contributed by atoms with Gasteiger partial charge in [0.05, 0.1) is 0 Å². The Hall–Kier alpha value is -2.67. The molecule has 0 spiro atoms. The van der Waals surface area contributed by atoms with Gasteiger partial charge >= 0.3 is 0 Å². The van der Waals surface area contributed by atoms with Crippen molar-refractivity contribution < 1.29 is 14.1 Å². The van der Waals surface area contributed by atoms with E-state index < -0.39 is 0 Å². The third-order valence-corrected chi connectivity index (χ3v) is 7.35. The second-order valence-electron chi connectivity index (χ2n) is 9.91. The summed E-state index contributed by atoms with van der Waals surface area (Å²) >= 11 is 0. The van der Waals surface area contributed by atoms with Crippen LogP contribution >= 0.6 is 0 Å². The lowest BCUT2D eigenvalue weighted by Gasteiger charge is -2.40. The molecule has 2 amide bonds. The zero-order valence-electron chi connectivity index (χ0n) is 19.2. The molecule has 0 unspecified atom stereocenters. The highest BCUT2D eigenvalue weighted by Crippen LogP contribution is 2.40. The van der Waals surface area contributed by atoms with Crippen LogP contribution in [0.15, 0.2) is 40.9 Å². The first-order valence-electron chi connectivity index (χ1n) is 12.5. The third-order valence-electron chi connectivity index (χ3n) is 7.35. The summed E-state index contributed by atoms with van der Waals surface area (Å²) in [5.41, 5.74) is 1.58. The van der Waals surface area contributed by atoms with Gasteiger partial charge in [-0.25, -0.2) is 0 Å². The van der Waals surface area contributed by atoms with Crippen LogP contribution in [0.1, 0.15) is 72.7 Å². The Morgan fingerprint density at radius 1 is 1.09 bits per heavy atom. The van der Waals surface area contributed by atoms with Crippen LogP contribution in [0.2, 0.25) is 0 Å². The molecule has 2 saturated heterocycles. The number of hydrogen-bond donors (Lipinski definition) is 2. The summed E-state index contributed by atoms with van der Waals surface area (Å²) in [5, 5.41) is 10.5. The van der Waals surface area contributed by atoms with Crippen molar-refractivity contribution >= 4 is 11.8 Å². The molecule has 1 aromatic heterocycles. The average Bonchev–Trinajstić information content (AvgIpc) is 3.56. The van der Waals surface area contributed by atoms with E-state index in [2.05, 4.69) is 32.8 Å². The predicted octanol–water partition coefficient (Wildman–Crippen LogP) is 3.27. The topological polar surface area (TPSA) is 87.5 Å². The number of carbonyl (C=O) groups is 2. The van der Waals surface area contributed by atoms with E-state index in [1.807, 2.05) is 18.2 Å². The van der Waals surface area contributed by atoms with Gasteiger partial charge in [-0.05, 0) is 69.5 Å². The summed E-state index contributed by atoms with van der Waals surface area (Å²) in [6, 6.07) is 12.2. The van der Waals surface area contributed by atoms with Crippen LogP contribution in [0.25, 0.3) is 0 Å². The number of rotatable bonds is 7. The Morgan fingerprint density at radius 3 is 2.64 bits per heavy atom. The van der Waals surface area contributed by atoms with Gasteiger partial charge in [-0.1, -0.05) is 35.5 Å². The molecule has 0 bridgehead atoms. The van der Waals surface area contributed by atoms with Gasteiger partial charge in [-0.2, -0.15) is 0 Å². The van der Waals surface area contributed by atoms with E-state index in [9.17, 15) is 9.59 Å². The molecule has 5 rings (SSSR count). The predicted molar refractivity (Wildman–Crippen MR) is 125 cm³/mol. The average molecular weight is 451 g/mol. The first-order valence-corrected chi connectivity index (χ1v) is 12.5. The van der Waals surface area contributed by atoms with Crippen molar-refractivity contribution in [2.75, 3.05) is 19.6 Å². The zero-order chi connectivity index (χ0) is 22.6. The Bertz CT molecular complexity index is 949. The number of nitrogens with one attached hydrogen (secondary N) is 2. The van der Waals surface area contributed by atoms with Crippen LogP contribution in [0.3, 0.4) is 0 Å². The van der Waals surface area contributed by atoms with E-state index in [0.29, 0.717) is 30.5 Å². The highest BCUT2D eigenvalue weighted by atomic mass is 16.5. The van der Waals surface area contributed by atoms with Gasteiger partial charge in [0.15, 0.2) is 5.69 Å². The van der Waals surface area contributed by atoms with Gasteiger partial charge in [0.2, 0.25) is 5.91 Å². The van der Waals surface area contributed by atoms with E-state index in [4.69, 9.17) is 4.52 Å². The van der Waals surface area contributed by atoms with Gasteiger partial charge in [-0.15, -0.1) is 0 Å². The van der Waals surface area contributed by atoms with Crippen molar-refractivity contribution in [1.29, 1.82) is 0 Å². The molecule has 1 aromatic carbocycles. The number of nitrogens with zero attached hydrogens (tertiary/aromatic N) is 2. The van der Waals surface area contributed by atoms with Crippen LogP contribution in [0.5, 0.6) is 0 Å².